The van der Waals surface area contributed by atoms with Gasteiger partial charge in [0.2, 0.25) is 0 Å². The number of guanidine groups is 1. The van der Waals surface area contributed by atoms with Gasteiger partial charge in [0.25, 0.3) is 0 Å². The van der Waals surface area contributed by atoms with Gasteiger partial charge in [0.15, 0.2) is 5.96 Å². The molecule has 1 aliphatic heterocycles. The molecule has 1 fully saturated rings. The van der Waals surface area contributed by atoms with E-state index in [2.05, 4.69) is 81.6 Å². The van der Waals surface area contributed by atoms with Crippen LogP contribution in [-0.4, -0.2) is 78.5 Å². The number of thiazole rings is 1. The van der Waals surface area contributed by atoms with E-state index >= 15 is 0 Å². The standard InChI is InChI=1S/C24H38N6S/c1-4-25-24(28(3)19-23-20-31-21(2)27-23)26-12-8-9-13-29-14-16-30(17-15-29)18-22-10-6-5-7-11-22/h5-7,10-11,20H,4,8-9,12-19H2,1-3H3,(H,25,26). The van der Waals surface area contributed by atoms with Crippen LogP contribution < -0.4 is 5.32 Å². The maximum atomic E-state index is 4.84. The van der Waals surface area contributed by atoms with Crippen molar-refractivity contribution in [2.24, 2.45) is 4.99 Å². The fourth-order valence-corrected chi connectivity index (χ4v) is 4.52. The summed E-state index contributed by atoms with van der Waals surface area (Å²) in [6.07, 6.45) is 2.33. The fraction of sp³-hybridized carbons (Fsp3) is 0.583. The Morgan fingerprint density at radius 2 is 1.87 bits per heavy atom. The Morgan fingerprint density at radius 1 is 1.13 bits per heavy atom. The molecule has 0 spiro atoms. The summed E-state index contributed by atoms with van der Waals surface area (Å²) < 4.78 is 0. The lowest BCUT2D eigenvalue weighted by atomic mass is 10.2. The van der Waals surface area contributed by atoms with Crippen molar-refractivity contribution in [2.75, 3.05) is 52.9 Å². The lowest BCUT2D eigenvalue weighted by molar-refractivity contribution is 0.126. The van der Waals surface area contributed by atoms with Crippen LogP contribution in [0.3, 0.4) is 0 Å². The van der Waals surface area contributed by atoms with E-state index in [1.54, 1.807) is 11.3 Å². The predicted molar refractivity (Wildman–Crippen MR) is 132 cm³/mol. The summed E-state index contributed by atoms with van der Waals surface area (Å²) in [4.78, 5) is 16.7. The third-order valence-corrected chi connectivity index (χ3v) is 6.44. The van der Waals surface area contributed by atoms with Crippen LogP contribution in [0.4, 0.5) is 0 Å². The van der Waals surface area contributed by atoms with Crippen molar-refractivity contribution in [3.8, 4) is 0 Å². The molecule has 0 bridgehead atoms. The average Bonchev–Trinajstić information content (AvgIpc) is 3.19. The minimum Gasteiger partial charge on any atom is -0.357 e. The molecule has 2 aromatic rings. The Balaban J connectivity index is 1.33. The molecule has 1 aliphatic rings. The van der Waals surface area contributed by atoms with Crippen LogP contribution >= 0.6 is 11.3 Å². The van der Waals surface area contributed by atoms with E-state index in [0.717, 1.165) is 49.3 Å². The number of hydrogen-bond acceptors (Lipinski definition) is 5. The Hall–Kier alpha value is -1.96. The maximum absolute atomic E-state index is 4.84. The molecule has 0 atom stereocenters. The number of nitrogens with one attached hydrogen (secondary N) is 1. The first-order chi connectivity index (χ1) is 15.1. The Labute approximate surface area is 192 Å². The third kappa shape index (κ3) is 8.24. The normalized spacial score (nSPS) is 15.9. The lowest BCUT2D eigenvalue weighted by Gasteiger charge is -2.34. The van der Waals surface area contributed by atoms with Crippen LogP contribution in [0.2, 0.25) is 0 Å². The summed E-state index contributed by atoms with van der Waals surface area (Å²) in [6, 6.07) is 10.8. The van der Waals surface area contributed by atoms with E-state index in [1.807, 2.05) is 0 Å². The largest absolute Gasteiger partial charge is 0.357 e. The number of aromatic nitrogens is 1. The zero-order chi connectivity index (χ0) is 21.9. The predicted octanol–water partition coefficient (Wildman–Crippen LogP) is 3.45. The maximum Gasteiger partial charge on any atom is 0.194 e. The first kappa shape index (κ1) is 23.7. The van der Waals surface area contributed by atoms with E-state index in [0.29, 0.717) is 0 Å². The number of aliphatic imine (C=N–C) groups is 1. The van der Waals surface area contributed by atoms with E-state index in [-0.39, 0.29) is 0 Å². The molecule has 0 unspecified atom stereocenters. The van der Waals surface area contributed by atoms with Crippen molar-refractivity contribution in [2.45, 2.75) is 39.8 Å². The van der Waals surface area contributed by atoms with E-state index < -0.39 is 0 Å². The number of rotatable bonds is 10. The van der Waals surface area contributed by atoms with Gasteiger partial charge in [-0.15, -0.1) is 11.3 Å². The van der Waals surface area contributed by atoms with E-state index in [4.69, 9.17) is 4.99 Å². The Kier molecular flexibility index (Phi) is 9.78. The molecule has 3 rings (SSSR count). The van der Waals surface area contributed by atoms with Crippen LogP contribution in [-0.2, 0) is 13.1 Å². The highest BCUT2D eigenvalue weighted by molar-refractivity contribution is 7.09. The summed E-state index contributed by atoms with van der Waals surface area (Å²) >= 11 is 1.70. The zero-order valence-corrected chi connectivity index (χ0v) is 20.2. The van der Waals surface area contributed by atoms with Gasteiger partial charge in [0.1, 0.15) is 0 Å². The molecule has 1 N–H and O–H groups in total. The number of unbranched alkanes of at least 4 members (excludes halogenated alkanes) is 1. The monoisotopic (exact) mass is 442 g/mol. The molecule has 31 heavy (non-hydrogen) atoms. The summed E-state index contributed by atoms with van der Waals surface area (Å²) in [6.45, 7) is 13.7. The molecule has 0 saturated carbocycles. The van der Waals surface area contributed by atoms with Gasteiger partial charge < -0.3 is 15.1 Å². The van der Waals surface area contributed by atoms with Gasteiger partial charge in [0.05, 0.1) is 17.2 Å². The first-order valence-electron chi connectivity index (χ1n) is 11.5. The van der Waals surface area contributed by atoms with Gasteiger partial charge in [-0.05, 0) is 38.8 Å². The van der Waals surface area contributed by atoms with Crippen LogP contribution in [0.25, 0.3) is 0 Å². The molecule has 2 heterocycles. The number of aryl methyl sites for hydroxylation is 1. The molecule has 0 aliphatic carbocycles. The lowest BCUT2D eigenvalue weighted by Crippen LogP contribution is -2.46. The summed E-state index contributed by atoms with van der Waals surface area (Å²) in [7, 11) is 2.09. The zero-order valence-electron chi connectivity index (χ0n) is 19.4. The van der Waals surface area contributed by atoms with Crippen molar-refractivity contribution >= 4 is 17.3 Å². The van der Waals surface area contributed by atoms with Gasteiger partial charge in [-0.25, -0.2) is 4.98 Å². The first-order valence-corrected chi connectivity index (χ1v) is 12.4. The van der Waals surface area contributed by atoms with Gasteiger partial charge in [-0.2, -0.15) is 0 Å². The highest BCUT2D eigenvalue weighted by Crippen LogP contribution is 2.11. The average molecular weight is 443 g/mol. The molecule has 7 heteroatoms. The van der Waals surface area contributed by atoms with Gasteiger partial charge in [-0.1, -0.05) is 30.3 Å². The fourth-order valence-electron chi connectivity index (χ4n) is 3.91. The Morgan fingerprint density at radius 3 is 2.55 bits per heavy atom. The van der Waals surface area contributed by atoms with Crippen molar-refractivity contribution in [1.82, 2.24) is 25.0 Å². The third-order valence-electron chi connectivity index (χ3n) is 5.62. The van der Waals surface area contributed by atoms with Gasteiger partial charge >= 0.3 is 0 Å². The molecule has 6 nitrogen and oxygen atoms in total. The number of nitrogens with zero attached hydrogens (tertiary/aromatic N) is 5. The summed E-state index contributed by atoms with van der Waals surface area (Å²) in [5.41, 5.74) is 2.53. The number of piperazine rings is 1. The molecule has 0 radical (unpaired) electrons. The SMILES string of the molecule is CCNC(=NCCCCN1CCN(Cc2ccccc2)CC1)N(C)Cc1csc(C)n1. The molecule has 170 valence electrons. The minimum absolute atomic E-state index is 0.795. The second-order valence-corrected chi connectivity index (χ2v) is 9.32. The van der Waals surface area contributed by atoms with Crippen molar-refractivity contribution in [3.05, 3.63) is 52.0 Å². The van der Waals surface area contributed by atoms with E-state index in [9.17, 15) is 0 Å². The van der Waals surface area contributed by atoms with E-state index in [1.165, 1.54) is 44.7 Å². The highest BCUT2D eigenvalue weighted by atomic mass is 32.1. The van der Waals surface area contributed by atoms with Gasteiger partial charge in [0, 0.05) is 58.2 Å². The smallest absolute Gasteiger partial charge is 0.194 e. The quantitative estimate of drug-likeness (QED) is 0.347. The molecular formula is C24H38N6S. The summed E-state index contributed by atoms with van der Waals surface area (Å²) in [5.74, 6) is 0.975. The molecule has 1 saturated heterocycles. The second kappa shape index (κ2) is 12.8. The van der Waals surface area contributed by atoms with Crippen molar-refractivity contribution < 1.29 is 0 Å². The second-order valence-electron chi connectivity index (χ2n) is 8.26. The molecule has 0 amide bonds. The van der Waals surface area contributed by atoms with Crippen LogP contribution in [0.1, 0.15) is 36.0 Å². The molecule has 1 aromatic heterocycles. The highest BCUT2D eigenvalue weighted by Gasteiger charge is 2.16. The molecule has 1 aromatic carbocycles. The van der Waals surface area contributed by atoms with Crippen molar-refractivity contribution in [3.63, 3.8) is 0 Å². The molecular weight excluding hydrogens is 404 g/mol. The topological polar surface area (TPSA) is 47.0 Å². The minimum atomic E-state index is 0.795. The summed E-state index contributed by atoms with van der Waals surface area (Å²) in [5, 5.41) is 6.66. The Bertz CT molecular complexity index is 782. The van der Waals surface area contributed by atoms with Crippen LogP contribution in [0.15, 0.2) is 40.7 Å². The van der Waals surface area contributed by atoms with Crippen LogP contribution in [0, 0.1) is 6.92 Å². The van der Waals surface area contributed by atoms with Gasteiger partial charge in [-0.3, -0.25) is 9.89 Å². The number of hydrogen-bond donors (Lipinski definition) is 1. The van der Waals surface area contributed by atoms with Crippen LogP contribution in [0.5, 0.6) is 0 Å². The number of benzene rings is 1. The van der Waals surface area contributed by atoms with Crippen molar-refractivity contribution in [1.29, 1.82) is 0 Å².